The van der Waals surface area contributed by atoms with Crippen LogP contribution in [-0.4, -0.2) is 61.8 Å². The minimum atomic E-state index is -1.54. The van der Waals surface area contributed by atoms with Crippen LogP contribution < -0.4 is 11.1 Å². The third-order valence-electron chi connectivity index (χ3n) is 5.76. The van der Waals surface area contributed by atoms with E-state index in [1.807, 2.05) is 36.4 Å². The Labute approximate surface area is 192 Å². The molecule has 0 radical (unpaired) electrons. The van der Waals surface area contributed by atoms with Crippen LogP contribution in [0.1, 0.15) is 34.5 Å². The molecular weight excluding hydrogens is 420 g/mol. The number of nitrogens with zero attached hydrogens (tertiary/aromatic N) is 4. The monoisotopic (exact) mass is 448 g/mol. The van der Waals surface area contributed by atoms with Gasteiger partial charge in [-0.1, -0.05) is 30.3 Å². The van der Waals surface area contributed by atoms with Crippen LogP contribution in [0.25, 0.3) is 5.82 Å². The van der Waals surface area contributed by atoms with Crippen molar-refractivity contribution in [1.82, 2.24) is 25.0 Å². The molecule has 9 heteroatoms. The van der Waals surface area contributed by atoms with Gasteiger partial charge in [0.05, 0.1) is 17.3 Å². The lowest BCUT2D eigenvalue weighted by atomic mass is 10.0. The van der Waals surface area contributed by atoms with Gasteiger partial charge < -0.3 is 16.2 Å². The van der Waals surface area contributed by atoms with Crippen molar-refractivity contribution < 1.29 is 14.7 Å². The van der Waals surface area contributed by atoms with Gasteiger partial charge in [0, 0.05) is 18.9 Å². The molecule has 172 valence electrons. The van der Waals surface area contributed by atoms with Crippen molar-refractivity contribution in [3.05, 3.63) is 77.7 Å². The summed E-state index contributed by atoms with van der Waals surface area (Å²) in [5.74, 6) is -1.01. The molecule has 1 aliphatic rings. The average molecular weight is 449 g/mol. The molecule has 0 bridgehead atoms. The highest BCUT2D eigenvalue weighted by Crippen LogP contribution is 2.16. The third kappa shape index (κ3) is 5.63. The molecular formula is C24H28N6O3. The van der Waals surface area contributed by atoms with E-state index < -0.39 is 24.0 Å². The highest BCUT2D eigenvalue weighted by Gasteiger charge is 2.28. The minimum absolute atomic E-state index is 0.244. The first-order chi connectivity index (χ1) is 16.0. The summed E-state index contributed by atoms with van der Waals surface area (Å²) >= 11 is 0. The van der Waals surface area contributed by atoms with Gasteiger partial charge >= 0.3 is 0 Å². The van der Waals surface area contributed by atoms with E-state index in [2.05, 4.69) is 20.3 Å². The molecule has 2 atom stereocenters. The van der Waals surface area contributed by atoms with Crippen LogP contribution in [0, 0.1) is 0 Å². The van der Waals surface area contributed by atoms with Crippen LogP contribution in [0.2, 0.25) is 0 Å². The van der Waals surface area contributed by atoms with Gasteiger partial charge in [0.15, 0.2) is 11.9 Å². The molecule has 2 aromatic heterocycles. The number of carbonyl (C=O) groups excluding carboxylic acids is 2. The molecule has 2 unspecified atom stereocenters. The lowest BCUT2D eigenvalue weighted by Gasteiger charge is -2.22. The van der Waals surface area contributed by atoms with Gasteiger partial charge in [-0.15, -0.1) is 0 Å². The van der Waals surface area contributed by atoms with E-state index in [9.17, 15) is 14.7 Å². The first kappa shape index (κ1) is 22.6. The van der Waals surface area contributed by atoms with Gasteiger partial charge in [0.2, 0.25) is 5.91 Å². The second kappa shape index (κ2) is 10.4. The zero-order valence-electron chi connectivity index (χ0n) is 18.3. The predicted molar refractivity (Wildman–Crippen MR) is 122 cm³/mol. The molecule has 4 N–H and O–H groups in total. The number of hydrogen-bond acceptors (Lipinski definition) is 6. The quantitative estimate of drug-likeness (QED) is 0.449. The summed E-state index contributed by atoms with van der Waals surface area (Å²) in [7, 11) is 0. The van der Waals surface area contributed by atoms with E-state index in [4.69, 9.17) is 5.73 Å². The van der Waals surface area contributed by atoms with Gasteiger partial charge in [0.1, 0.15) is 0 Å². The Hall–Kier alpha value is -3.56. The second-order valence-corrected chi connectivity index (χ2v) is 8.23. The summed E-state index contributed by atoms with van der Waals surface area (Å²) < 4.78 is 1.58. The standard InChI is InChI=1S/C24H28N6O3/c25-22(32)21(31)20(15-17-7-2-1-3-8-17)27-24(33)19-9-6-11-26-23(19)30-14-10-18(28-30)16-29-12-4-5-13-29/h1-3,6-11,14,20-21,31H,4-5,12-13,15-16H2,(H2,25,32)(H,27,33). The molecule has 2 amide bonds. The van der Waals surface area contributed by atoms with Gasteiger partial charge in [-0.05, 0) is 56.1 Å². The number of aliphatic hydroxyl groups excluding tert-OH is 1. The molecule has 3 aromatic rings. The molecule has 3 heterocycles. The van der Waals surface area contributed by atoms with Crippen LogP contribution in [0.3, 0.4) is 0 Å². The summed E-state index contributed by atoms with van der Waals surface area (Å²) in [6.07, 6.45) is 4.48. The van der Waals surface area contributed by atoms with Crippen LogP contribution in [0.5, 0.6) is 0 Å². The van der Waals surface area contributed by atoms with E-state index in [1.165, 1.54) is 12.8 Å². The Bertz CT molecular complexity index is 1090. The van der Waals surface area contributed by atoms with Crippen molar-refractivity contribution in [2.24, 2.45) is 5.73 Å². The largest absolute Gasteiger partial charge is 0.381 e. The number of aromatic nitrogens is 3. The highest BCUT2D eigenvalue weighted by molar-refractivity contribution is 5.97. The summed E-state index contributed by atoms with van der Waals surface area (Å²) in [6, 6.07) is 13.6. The fourth-order valence-corrected chi connectivity index (χ4v) is 4.04. The minimum Gasteiger partial charge on any atom is -0.381 e. The maximum atomic E-state index is 13.2. The van der Waals surface area contributed by atoms with Crippen molar-refractivity contribution in [3.8, 4) is 5.82 Å². The van der Waals surface area contributed by atoms with E-state index in [1.54, 1.807) is 29.2 Å². The molecule has 0 saturated carbocycles. The Morgan fingerprint density at radius 3 is 2.58 bits per heavy atom. The molecule has 1 fully saturated rings. The number of hydrogen-bond donors (Lipinski definition) is 3. The average Bonchev–Trinajstić information content (AvgIpc) is 3.51. The normalized spacial score (nSPS) is 15.8. The fraction of sp³-hybridized carbons (Fsp3) is 0.333. The van der Waals surface area contributed by atoms with E-state index in [0.717, 1.165) is 30.9 Å². The van der Waals surface area contributed by atoms with Crippen LogP contribution in [-0.2, 0) is 17.8 Å². The van der Waals surface area contributed by atoms with Crippen molar-refractivity contribution in [2.75, 3.05) is 13.1 Å². The highest BCUT2D eigenvalue weighted by atomic mass is 16.3. The second-order valence-electron chi connectivity index (χ2n) is 8.23. The van der Waals surface area contributed by atoms with Crippen LogP contribution in [0.4, 0.5) is 0 Å². The molecule has 9 nitrogen and oxygen atoms in total. The SMILES string of the molecule is NC(=O)C(O)C(Cc1ccccc1)NC(=O)c1cccnc1-n1ccc(CN2CCCC2)n1. The zero-order valence-corrected chi connectivity index (χ0v) is 18.3. The van der Waals surface area contributed by atoms with Gasteiger partial charge in [-0.25, -0.2) is 9.67 Å². The molecule has 4 rings (SSSR count). The number of nitrogens with one attached hydrogen (secondary N) is 1. The van der Waals surface area contributed by atoms with Gasteiger partial charge in [0.25, 0.3) is 5.91 Å². The van der Waals surface area contributed by atoms with Crippen molar-refractivity contribution in [3.63, 3.8) is 0 Å². The summed E-state index contributed by atoms with van der Waals surface area (Å²) in [6.45, 7) is 2.88. The maximum Gasteiger partial charge on any atom is 0.255 e. The number of benzene rings is 1. The van der Waals surface area contributed by atoms with Gasteiger partial charge in [-0.2, -0.15) is 5.10 Å². The number of pyridine rings is 1. The molecule has 1 saturated heterocycles. The number of carbonyl (C=O) groups is 2. The fourth-order valence-electron chi connectivity index (χ4n) is 4.04. The lowest BCUT2D eigenvalue weighted by Crippen LogP contribution is -2.50. The summed E-state index contributed by atoms with van der Waals surface area (Å²) in [5, 5.41) is 17.7. The van der Waals surface area contributed by atoms with Gasteiger partial charge in [-0.3, -0.25) is 14.5 Å². The van der Waals surface area contributed by atoms with Crippen molar-refractivity contribution in [1.29, 1.82) is 0 Å². The smallest absolute Gasteiger partial charge is 0.255 e. The first-order valence-electron chi connectivity index (χ1n) is 11.1. The third-order valence-corrected chi connectivity index (χ3v) is 5.76. The summed E-state index contributed by atoms with van der Waals surface area (Å²) in [5.41, 5.74) is 7.36. The lowest BCUT2D eigenvalue weighted by molar-refractivity contribution is -0.127. The van der Waals surface area contributed by atoms with Crippen LogP contribution in [0.15, 0.2) is 60.9 Å². The first-order valence-corrected chi connectivity index (χ1v) is 11.1. The number of primary amides is 1. The molecule has 0 aliphatic carbocycles. The number of nitrogens with two attached hydrogens (primary N) is 1. The molecule has 1 aliphatic heterocycles. The predicted octanol–water partition coefficient (Wildman–Crippen LogP) is 1.05. The number of aliphatic hydroxyl groups is 1. The Morgan fingerprint density at radius 2 is 1.85 bits per heavy atom. The maximum absolute atomic E-state index is 13.2. The number of rotatable bonds is 9. The van der Waals surface area contributed by atoms with Crippen molar-refractivity contribution >= 4 is 11.8 Å². The van der Waals surface area contributed by atoms with E-state index in [0.29, 0.717) is 5.82 Å². The topological polar surface area (TPSA) is 126 Å². The van der Waals surface area contributed by atoms with Crippen molar-refractivity contribution in [2.45, 2.75) is 38.0 Å². The molecule has 0 spiro atoms. The zero-order chi connectivity index (χ0) is 23.2. The Balaban J connectivity index is 1.54. The molecule has 1 aromatic carbocycles. The van der Waals surface area contributed by atoms with E-state index >= 15 is 0 Å². The molecule has 33 heavy (non-hydrogen) atoms. The number of likely N-dealkylation sites (tertiary alicyclic amines) is 1. The van der Waals surface area contributed by atoms with Crippen LogP contribution >= 0.6 is 0 Å². The Kier molecular flexibility index (Phi) is 7.11. The summed E-state index contributed by atoms with van der Waals surface area (Å²) in [4.78, 5) is 31.6. The Morgan fingerprint density at radius 1 is 1.09 bits per heavy atom. The number of amides is 2. The van der Waals surface area contributed by atoms with E-state index in [-0.39, 0.29) is 12.0 Å².